The van der Waals surface area contributed by atoms with E-state index >= 15 is 0 Å². The summed E-state index contributed by atoms with van der Waals surface area (Å²) in [7, 11) is 0. The van der Waals surface area contributed by atoms with Crippen LogP contribution in [-0.4, -0.2) is 37.0 Å². The zero-order valence-corrected chi connectivity index (χ0v) is 11.0. The predicted octanol–water partition coefficient (Wildman–Crippen LogP) is 1.68. The molecule has 0 aliphatic heterocycles. The third-order valence-corrected chi connectivity index (χ3v) is 3.17. The van der Waals surface area contributed by atoms with Gasteiger partial charge in [0.05, 0.1) is 5.75 Å². The van der Waals surface area contributed by atoms with Crippen molar-refractivity contribution in [2.75, 3.05) is 5.75 Å². The van der Waals surface area contributed by atoms with Gasteiger partial charge in [0.2, 0.25) is 5.16 Å². The molecule has 6 nitrogen and oxygen atoms in total. The molecule has 17 heavy (non-hydrogen) atoms. The minimum atomic E-state index is -0.857. The average Bonchev–Trinajstić information content (AvgIpc) is 2.68. The van der Waals surface area contributed by atoms with Gasteiger partial charge in [0.1, 0.15) is 0 Å². The molecule has 1 aromatic rings. The van der Waals surface area contributed by atoms with Gasteiger partial charge in [-0.2, -0.15) is 0 Å². The van der Waals surface area contributed by atoms with Crippen LogP contribution in [0.15, 0.2) is 5.16 Å². The Kier molecular flexibility index (Phi) is 5.96. The monoisotopic (exact) mass is 258 g/mol. The van der Waals surface area contributed by atoms with Gasteiger partial charge in [-0.3, -0.25) is 4.79 Å². The molecular weight excluding hydrogens is 240 g/mol. The lowest BCUT2D eigenvalue weighted by Gasteiger charge is -2.05. The fourth-order valence-electron chi connectivity index (χ4n) is 1.38. The SMILES string of the molecule is CC(C)CCCCn1nnnc1SCC(=O)O. The van der Waals surface area contributed by atoms with Gasteiger partial charge < -0.3 is 5.11 Å². The number of carboxylic acids is 1. The first-order valence-electron chi connectivity index (χ1n) is 5.70. The summed E-state index contributed by atoms with van der Waals surface area (Å²) >= 11 is 1.15. The van der Waals surface area contributed by atoms with Gasteiger partial charge in [0, 0.05) is 6.54 Å². The van der Waals surface area contributed by atoms with Crippen molar-refractivity contribution in [2.45, 2.75) is 44.8 Å². The Morgan fingerprint density at radius 1 is 1.47 bits per heavy atom. The lowest BCUT2D eigenvalue weighted by Crippen LogP contribution is -2.05. The first-order valence-corrected chi connectivity index (χ1v) is 6.69. The summed E-state index contributed by atoms with van der Waals surface area (Å²) in [6.07, 6.45) is 3.35. The van der Waals surface area contributed by atoms with Crippen LogP contribution >= 0.6 is 11.8 Å². The van der Waals surface area contributed by atoms with Gasteiger partial charge in [-0.1, -0.05) is 38.5 Å². The van der Waals surface area contributed by atoms with Crippen molar-refractivity contribution in [3.05, 3.63) is 0 Å². The molecule has 0 fully saturated rings. The number of nitrogens with zero attached hydrogens (tertiary/aromatic N) is 4. The third kappa shape index (κ3) is 5.67. The van der Waals surface area contributed by atoms with Crippen molar-refractivity contribution < 1.29 is 9.90 Å². The number of unbranched alkanes of at least 4 members (excludes halogenated alkanes) is 1. The fourth-order valence-corrected chi connectivity index (χ4v) is 2.00. The second kappa shape index (κ2) is 7.26. The molecule has 0 unspecified atom stereocenters. The number of aliphatic carboxylic acids is 1. The third-order valence-electron chi connectivity index (χ3n) is 2.23. The quantitative estimate of drug-likeness (QED) is 0.564. The summed E-state index contributed by atoms with van der Waals surface area (Å²) in [4.78, 5) is 10.4. The van der Waals surface area contributed by atoms with Gasteiger partial charge >= 0.3 is 5.97 Å². The molecule has 0 saturated carbocycles. The first kappa shape index (κ1) is 14.0. The van der Waals surface area contributed by atoms with E-state index < -0.39 is 5.97 Å². The molecule has 0 aliphatic rings. The van der Waals surface area contributed by atoms with E-state index in [-0.39, 0.29) is 5.75 Å². The van der Waals surface area contributed by atoms with Crippen molar-refractivity contribution in [2.24, 2.45) is 5.92 Å². The zero-order valence-electron chi connectivity index (χ0n) is 10.2. The summed E-state index contributed by atoms with van der Waals surface area (Å²) in [6, 6.07) is 0. The summed E-state index contributed by atoms with van der Waals surface area (Å²) in [5.41, 5.74) is 0. The number of tetrazole rings is 1. The van der Waals surface area contributed by atoms with Crippen LogP contribution in [0.2, 0.25) is 0 Å². The van der Waals surface area contributed by atoms with E-state index in [1.807, 2.05) is 0 Å². The highest BCUT2D eigenvalue weighted by atomic mass is 32.2. The maximum atomic E-state index is 10.4. The zero-order chi connectivity index (χ0) is 12.7. The van der Waals surface area contributed by atoms with Crippen LogP contribution < -0.4 is 0 Å². The lowest BCUT2D eigenvalue weighted by atomic mass is 10.1. The minimum absolute atomic E-state index is 0.00757. The number of rotatable bonds is 8. The Morgan fingerprint density at radius 2 is 2.24 bits per heavy atom. The predicted molar refractivity (Wildman–Crippen MR) is 64.9 cm³/mol. The highest BCUT2D eigenvalue weighted by Crippen LogP contribution is 2.14. The molecule has 0 spiro atoms. The van der Waals surface area contributed by atoms with E-state index in [2.05, 4.69) is 29.4 Å². The van der Waals surface area contributed by atoms with Crippen LogP contribution in [0, 0.1) is 5.92 Å². The second-order valence-electron chi connectivity index (χ2n) is 4.26. The molecule has 0 aromatic carbocycles. The molecule has 1 rings (SSSR count). The van der Waals surface area contributed by atoms with E-state index in [0.29, 0.717) is 11.1 Å². The molecule has 0 radical (unpaired) electrons. The molecule has 1 N–H and O–H groups in total. The van der Waals surface area contributed by atoms with Gasteiger partial charge in [-0.15, -0.1) is 5.10 Å². The van der Waals surface area contributed by atoms with Gasteiger partial charge in [-0.05, 0) is 22.8 Å². The lowest BCUT2D eigenvalue weighted by molar-refractivity contribution is -0.133. The van der Waals surface area contributed by atoms with Crippen molar-refractivity contribution in [3.8, 4) is 0 Å². The summed E-state index contributed by atoms with van der Waals surface area (Å²) in [6.45, 7) is 5.15. The number of hydrogen-bond donors (Lipinski definition) is 1. The number of carboxylic acid groups (broad SMARTS) is 1. The van der Waals surface area contributed by atoms with E-state index in [1.165, 1.54) is 6.42 Å². The molecule has 7 heteroatoms. The van der Waals surface area contributed by atoms with Crippen LogP contribution in [0.25, 0.3) is 0 Å². The standard InChI is InChI=1S/C10H18N4O2S/c1-8(2)5-3-4-6-14-10(11-12-13-14)17-7-9(15)16/h8H,3-7H2,1-2H3,(H,15,16). The van der Waals surface area contributed by atoms with Gasteiger partial charge in [0.25, 0.3) is 0 Å². The number of hydrogen-bond acceptors (Lipinski definition) is 5. The topological polar surface area (TPSA) is 80.9 Å². The van der Waals surface area contributed by atoms with Crippen LogP contribution in [0.1, 0.15) is 33.1 Å². The average molecular weight is 258 g/mol. The van der Waals surface area contributed by atoms with Crippen molar-refractivity contribution in [1.29, 1.82) is 0 Å². The maximum Gasteiger partial charge on any atom is 0.313 e. The highest BCUT2D eigenvalue weighted by molar-refractivity contribution is 7.99. The second-order valence-corrected chi connectivity index (χ2v) is 5.20. The Balaban J connectivity index is 2.32. The summed E-state index contributed by atoms with van der Waals surface area (Å²) in [5, 5.41) is 20.4. The number of aryl methyl sites for hydroxylation is 1. The number of aromatic nitrogens is 4. The van der Waals surface area contributed by atoms with E-state index in [0.717, 1.165) is 31.1 Å². The molecule has 1 heterocycles. The van der Waals surface area contributed by atoms with Crippen molar-refractivity contribution >= 4 is 17.7 Å². The van der Waals surface area contributed by atoms with Crippen LogP contribution in [0.4, 0.5) is 0 Å². The summed E-state index contributed by atoms with van der Waals surface area (Å²) < 4.78 is 1.67. The fraction of sp³-hybridized carbons (Fsp3) is 0.800. The highest BCUT2D eigenvalue weighted by Gasteiger charge is 2.08. The first-order chi connectivity index (χ1) is 8.09. The molecule has 1 aromatic heterocycles. The van der Waals surface area contributed by atoms with Crippen molar-refractivity contribution in [1.82, 2.24) is 20.2 Å². The molecule has 96 valence electrons. The molecular formula is C10H18N4O2S. The molecule has 0 amide bonds. The Labute approximate surface area is 105 Å². The normalized spacial score (nSPS) is 11.0. The van der Waals surface area contributed by atoms with Crippen LogP contribution in [0.5, 0.6) is 0 Å². The largest absolute Gasteiger partial charge is 0.481 e. The van der Waals surface area contributed by atoms with E-state index in [1.54, 1.807) is 4.68 Å². The molecule has 0 saturated heterocycles. The van der Waals surface area contributed by atoms with Gasteiger partial charge in [0.15, 0.2) is 0 Å². The Morgan fingerprint density at radius 3 is 2.88 bits per heavy atom. The Bertz CT molecular complexity index is 354. The molecule has 0 aliphatic carbocycles. The van der Waals surface area contributed by atoms with Crippen molar-refractivity contribution in [3.63, 3.8) is 0 Å². The molecule has 0 bridgehead atoms. The summed E-state index contributed by atoms with van der Waals surface area (Å²) in [5.74, 6) is -0.152. The molecule has 0 atom stereocenters. The van der Waals surface area contributed by atoms with Crippen LogP contribution in [-0.2, 0) is 11.3 Å². The number of carbonyl (C=O) groups is 1. The van der Waals surface area contributed by atoms with Crippen LogP contribution in [0.3, 0.4) is 0 Å². The van der Waals surface area contributed by atoms with E-state index in [9.17, 15) is 4.79 Å². The van der Waals surface area contributed by atoms with Gasteiger partial charge in [-0.25, -0.2) is 4.68 Å². The Hall–Kier alpha value is -1.11. The number of thioether (sulfide) groups is 1. The maximum absolute atomic E-state index is 10.4. The minimum Gasteiger partial charge on any atom is -0.481 e. The smallest absolute Gasteiger partial charge is 0.313 e. The van der Waals surface area contributed by atoms with E-state index in [4.69, 9.17) is 5.11 Å².